The number of anilines is 1. The molecule has 4 N–H and O–H groups in total. The molecule has 0 radical (unpaired) electrons. The van der Waals surface area contributed by atoms with Gasteiger partial charge in [0.1, 0.15) is 0 Å². The van der Waals surface area contributed by atoms with E-state index in [2.05, 4.69) is 0 Å². The predicted octanol–water partition coefficient (Wildman–Crippen LogP) is 0.924. The molecule has 0 spiro atoms. The zero-order valence-electron chi connectivity index (χ0n) is 11.7. The summed E-state index contributed by atoms with van der Waals surface area (Å²) in [6.45, 7) is 2.45. The van der Waals surface area contributed by atoms with Crippen molar-refractivity contribution in [2.75, 3.05) is 12.3 Å². The predicted molar refractivity (Wildman–Crippen MR) is 77.7 cm³/mol. The van der Waals surface area contributed by atoms with Crippen LogP contribution in [0, 0.1) is 5.92 Å². The van der Waals surface area contributed by atoms with Gasteiger partial charge in [0, 0.05) is 18.3 Å². The van der Waals surface area contributed by atoms with Crippen LogP contribution in [0.3, 0.4) is 0 Å². The minimum Gasteiger partial charge on any atom is -0.399 e. The van der Waals surface area contributed by atoms with E-state index < -0.39 is 0 Å². The molecule has 0 aromatic heterocycles. The number of carbonyl (C=O) groups excluding carboxylic acids is 2. The van der Waals surface area contributed by atoms with Crippen LogP contribution >= 0.6 is 0 Å². The lowest BCUT2D eigenvalue weighted by Gasteiger charge is -2.37. The van der Waals surface area contributed by atoms with Crippen molar-refractivity contribution in [3.8, 4) is 0 Å². The first-order valence-corrected chi connectivity index (χ1v) is 6.90. The highest BCUT2D eigenvalue weighted by Crippen LogP contribution is 2.22. The summed E-state index contributed by atoms with van der Waals surface area (Å²) in [5.41, 5.74) is 12.6. The fourth-order valence-corrected chi connectivity index (χ4v) is 2.60. The number of primary amides is 1. The van der Waals surface area contributed by atoms with Crippen molar-refractivity contribution in [2.45, 2.75) is 32.2 Å². The monoisotopic (exact) mass is 275 g/mol. The second-order valence-corrected chi connectivity index (χ2v) is 5.49. The molecule has 108 valence electrons. The first kappa shape index (κ1) is 14.4. The van der Waals surface area contributed by atoms with Crippen LogP contribution in [0.4, 0.5) is 5.69 Å². The Bertz CT molecular complexity index is 498. The number of hydrogen-bond acceptors (Lipinski definition) is 3. The molecule has 1 aromatic carbocycles. The summed E-state index contributed by atoms with van der Waals surface area (Å²) in [5, 5.41) is 0. The average molecular weight is 275 g/mol. The quantitative estimate of drug-likeness (QED) is 0.804. The Balaban J connectivity index is 2.03. The van der Waals surface area contributed by atoms with Crippen molar-refractivity contribution in [1.82, 2.24) is 4.90 Å². The maximum Gasteiger partial charge on any atom is 0.227 e. The highest BCUT2D eigenvalue weighted by atomic mass is 16.2. The Morgan fingerprint density at radius 2 is 1.90 bits per heavy atom. The summed E-state index contributed by atoms with van der Waals surface area (Å²) in [7, 11) is 0. The molecule has 2 atom stereocenters. The number of likely N-dealkylation sites (tertiary alicyclic amines) is 1. The van der Waals surface area contributed by atoms with E-state index in [1.807, 2.05) is 19.1 Å². The van der Waals surface area contributed by atoms with Crippen LogP contribution in [0.25, 0.3) is 0 Å². The summed E-state index contributed by atoms with van der Waals surface area (Å²) in [4.78, 5) is 25.4. The smallest absolute Gasteiger partial charge is 0.227 e. The molecule has 1 saturated heterocycles. The Kier molecular flexibility index (Phi) is 4.27. The second kappa shape index (κ2) is 5.94. The van der Waals surface area contributed by atoms with Crippen molar-refractivity contribution in [1.29, 1.82) is 0 Å². The summed E-state index contributed by atoms with van der Waals surface area (Å²) in [6.07, 6.45) is 1.92. The third-order valence-electron chi connectivity index (χ3n) is 3.94. The summed E-state index contributed by atoms with van der Waals surface area (Å²) >= 11 is 0. The van der Waals surface area contributed by atoms with Gasteiger partial charge in [0.15, 0.2) is 0 Å². The highest BCUT2D eigenvalue weighted by molar-refractivity contribution is 5.81. The van der Waals surface area contributed by atoms with E-state index in [0.717, 1.165) is 18.4 Å². The van der Waals surface area contributed by atoms with Gasteiger partial charge in [-0.05, 0) is 37.5 Å². The molecule has 5 heteroatoms. The number of amides is 2. The largest absolute Gasteiger partial charge is 0.399 e. The molecular formula is C15H21N3O2. The first-order valence-electron chi connectivity index (χ1n) is 6.90. The molecule has 2 unspecified atom stereocenters. The molecule has 1 fully saturated rings. The maximum absolute atomic E-state index is 12.4. The van der Waals surface area contributed by atoms with Crippen LogP contribution in [0.1, 0.15) is 25.3 Å². The number of carbonyl (C=O) groups is 2. The van der Waals surface area contributed by atoms with Crippen LogP contribution in [-0.4, -0.2) is 29.3 Å². The van der Waals surface area contributed by atoms with Crippen LogP contribution in [0.2, 0.25) is 0 Å². The summed E-state index contributed by atoms with van der Waals surface area (Å²) in [5.74, 6) is -0.503. The zero-order valence-corrected chi connectivity index (χ0v) is 11.7. The van der Waals surface area contributed by atoms with Gasteiger partial charge in [0.05, 0.1) is 12.3 Å². The topological polar surface area (TPSA) is 89.4 Å². The number of benzene rings is 1. The fraction of sp³-hybridized carbons (Fsp3) is 0.467. The van der Waals surface area contributed by atoms with Crippen LogP contribution in [-0.2, 0) is 16.0 Å². The number of nitrogen functional groups attached to an aromatic ring is 1. The number of nitrogens with zero attached hydrogens (tertiary/aromatic N) is 1. The molecule has 2 rings (SSSR count). The van der Waals surface area contributed by atoms with Crippen LogP contribution in [0.5, 0.6) is 0 Å². The van der Waals surface area contributed by atoms with E-state index in [0.29, 0.717) is 18.7 Å². The molecule has 20 heavy (non-hydrogen) atoms. The van der Waals surface area contributed by atoms with Gasteiger partial charge in [-0.1, -0.05) is 12.1 Å². The van der Waals surface area contributed by atoms with Gasteiger partial charge in [-0.25, -0.2) is 0 Å². The number of rotatable bonds is 3. The molecule has 1 aliphatic heterocycles. The van der Waals surface area contributed by atoms with Crippen molar-refractivity contribution >= 4 is 17.5 Å². The lowest BCUT2D eigenvalue weighted by atomic mass is 9.92. The van der Waals surface area contributed by atoms with E-state index in [4.69, 9.17) is 11.5 Å². The van der Waals surface area contributed by atoms with E-state index in [-0.39, 0.29) is 23.8 Å². The highest BCUT2D eigenvalue weighted by Gasteiger charge is 2.31. The molecule has 0 aliphatic carbocycles. The minimum atomic E-state index is -0.317. The van der Waals surface area contributed by atoms with E-state index in [9.17, 15) is 9.59 Å². The van der Waals surface area contributed by atoms with Crippen molar-refractivity contribution in [3.63, 3.8) is 0 Å². The lowest BCUT2D eigenvalue weighted by Crippen LogP contribution is -2.49. The molecule has 1 heterocycles. The van der Waals surface area contributed by atoms with E-state index >= 15 is 0 Å². The Morgan fingerprint density at radius 1 is 1.25 bits per heavy atom. The summed E-state index contributed by atoms with van der Waals surface area (Å²) < 4.78 is 0. The maximum atomic E-state index is 12.4. The molecule has 0 bridgehead atoms. The molecule has 5 nitrogen and oxygen atoms in total. The van der Waals surface area contributed by atoms with E-state index in [1.54, 1.807) is 17.0 Å². The minimum absolute atomic E-state index is 0.0354. The average Bonchev–Trinajstić information content (AvgIpc) is 2.41. The van der Waals surface area contributed by atoms with Gasteiger partial charge in [-0.15, -0.1) is 0 Å². The third kappa shape index (κ3) is 3.29. The lowest BCUT2D eigenvalue weighted by molar-refractivity contribution is -0.136. The molecule has 1 aromatic rings. The molecule has 1 aliphatic rings. The third-order valence-corrected chi connectivity index (χ3v) is 3.94. The fourth-order valence-electron chi connectivity index (χ4n) is 2.60. The molecular weight excluding hydrogens is 254 g/mol. The number of piperidine rings is 1. The Morgan fingerprint density at radius 3 is 2.50 bits per heavy atom. The molecule has 2 amide bonds. The Labute approximate surface area is 118 Å². The number of nitrogens with two attached hydrogens (primary N) is 2. The Hall–Kier alpha value is -2.04. The molecule has 0 saturated carbocycles. The standard InChI is InChI=1S/C15H21N3O2/c1-10-2-5-12(15(17)20)9-18(10)14(19)8-11-3-6-13(16)7-4-11/h3-4,6-7,10,12H,2,5,8-9,16H2,1H3,(H2,17,20). The van der Waals surface area contributed by atoms with Gasteiger partial charge in [0.25, 0.3) is 0 Å². The van der Waals surface area contributed by atoms with Crippen molar-refractivity contribution in [2.24, 2.45) is 11.7 Å². The van der Waals surface area contributed by atoms with Crippen LogP contribution < -0.4 is 11.5 Å². The van der Waals surface area contributed by atoms with Crippen LogP contribution in [0.15, 0.2) is 24.3 Å². The second-order valence-electron chi connectivity index (χ2n) is 5.49. The van der Waals surface area contributed by atoms with Crippen molar-refractivity contribution < 1.29 is 9.59 Å². The van der Waals surface area contributed by atoms with Gasteiger partial charge < -0.3 is 16.4 Å². The number of hydrogen-bond donors (Lipinski definition) is 2. The van der Waals surface area contributed by atoms with Gasteiger partial charge >= 0.3 is 0 Å². The van der Waals surface area contributed by atoms with Crippen molar-refractivity contribution in [3.05, 3.63) is 29.8 Å². The van der Waals surface area contributed by atoms with Gasteiger partial charge in [-0.2, -0.15) is 0 Å². The van der Waals surface area contributed by atoms with Gasteiger partial charge in [0.2, 0.25) is 11.8 Å². The SMILES string of the molecule is CC1CCC(C(N)=O)CN1C(=O)Cc1ccc(N)cc1. The van der Waals surface area contributed by atoms with E-state index in [1.165, 1.54) is 0 Å². The zero-order chi connectivity index (χ0) is 14.7. The first-order chi connectivity index (χ1) is 9.47. The normalized spacial score (nSPS) is 22.6. The van der Waals surface area contributed by atoms with Gasteiger partial charge in [-0.3, -0.25) is 9.59 Å². The summed E-state index contributed by atoms with van der Waals surface area (Å²) in [6, 6.07) is 7.44.